The first-order valence-electron chi connectivity index (χ1n) is 5.43. The highest BCUT2D eigenvalue weighted by Crippen LogP contribution is 2.07. The zero-order valence-electron chi connectivity index (χ0n) is 9.73. The van der Waals surface area contributed by atoms with Gasteiger partial charge in [0.25, 0.3) is 5.91 Å². The summed E-state index contributed by atoms with van der Waals surface area (Å²) >= 11 is 1.34. The Balaban J connectivity index is 2.18. The predicted molar refractivity (Wildman–Crippen MR) is 67.9 cm³/mol. The van der Waals surface area contributed by atoms with Gasteiger partial charge in [-0.2, -0.15) is 0 Å². The van der Waals surface area contributed by atoms with E-state index in [9.17, 15) is 9.59 Å². The molecule has 0 saturated heterocycles. The van der Waals surface area contributed by atoms with Gasteiger partial charge in [-0.25, -0.2) is 0 Å². The van der Waals surface area contributed by atoms with Crippen LogP contribution in [-0.4, -0.2) is 30.9 Å². The van der Waals surface area contributed by atoms with Crippen molar-refractivity contribution in [1.29, 1.82) is 0 Å². The van der Waals surface area contributed by atoms with Gasteiger partial charge in [0.05, 0.1) is 11.4 Å². The summed E-state index contributed by atoms with van der Waals surface area (Å²) in [6.07, 6.45) is 0.727. The molecular formula is C11H17N3O2S. The minimum Gasteiger partial charge on any atom is -0.355 e. The van der Waals surface area contributed by atoms with Crippen LogP contribution in [0, 0.1) is 0 Å². The molecule has 0 aliphatic rings. The summed E-state index contributed by atoms with van der Waals surface area (Å²) in [5, 5.41) is 7.05. The monoisotopic (exact) mass is 255 g/mol. The van der Waals surface area contributed by atoms with Gasteiger partial charge in [0.1, 0.15) is 0 Å². The molecule has 0 radical (unpaired) electrons. The SMILES string of the molecule is CC(N)CCNC(=O)CNC(=O)c1cccs1. The maximum absolute atomic E-state index is 11.5. The van der Waals surface area contributed by atoms with Crippen LogP contribution < -0.4 is 16.4 Å². The van der Waals surface area contributed by atoms with Crippen molar-refractivity contribution in [2.24, 2.45) is 5.73 Å². The largest absolute Gasteiger partial charge is 0.355 e. The van der Waals surface area contributed by atoms with Crippen molar-refractivity contribution in [3.63, 3.8) is 0 Å². The van der Waals surface area contributed by atoms with Crippen molar-refractivity contribution in [3.8, 4) is 0 Å². The highest BCUT2D eigenvalue weighted by molar-refractivity contribution is 7.12. The lowest BCUT2D eigenvalue weighted by Gasteiger charge is -2.07. The van der Waals surface area contributed by atoms with Crippen LogP contribution in [0.25, 0.3) is 0 Å². The molecule has 1 unspecified atom stereocenters. The Bertz CT molecular complexity index is 363. The summed E-state index contributed by atoms with van der Waals surface area (Å²) in [5.41, 5.74) is 5.55. The highest BCUT2D eigenvalue weighted by atomic mass is 32.1. The van der Waals surface area contributed by atoms with Crippen LogP contribution >= 0.6 is 11.3 Å². The number of carbonyl (C=O) groups excluding carboxylic acids is 2. The molecule has 94 valence electrons. The topological polar surface area (TPSA) is 84.2 Å². The molecule has 2 amide bonds. The van der Waals surface area contributed by atoms with Crippen molar-refractivity contribution < 1.29 is 9.59 Å². The number of thiophene rings is 1. The fraction of sp³-hybridized carbons (Fsp3) is 0.455. The van der Waals surface area contributed by atoms with Gasteiger partial charge in [-0.3, -0.25) is 9.59 Å². The van der Waals surface area contributed by atoms with Gasteiger partial charge in [0.15, 0.2) is 0 Å². The third kappa shape index (κ3) is 5.46. The Morgan fingerprint density at radius 2 is 2.24 bits per heavy atom. The molecule has 1 atom stereocenters. The zero-order valence-corrected chi connectivity index (χ0v) is 10.5. The molecule has 0 aliphatic carbocycles. The van der Waals surface area contributed by atoms with Gasteiger partial charge in [-0.05, 0) is 24.8 Å². The summed E-state index contributed by atoms with van der Waals surface area (Å²) in [6, 6.07) is 3.58. The second-order valence-electron chi connectivity index (χ2n) is 3.78. The second kappa shape index (κ2) is 7.03. The summed E-state index contributed by atoms with van der Waals surface area (Å²) in [6.45, 7) is 2.41. The highest BCUT2D eigenvalue weighted by Gasteiger charge is 2.08. The van der Waals surface area contributed by atoms with Gasteiger partial charge in [-0.15, -0.1) is 11.3 Å². The summed E-state index contributed by atoms with van der Waals surface area (Å²) in [5.74, 6) is -0.419. The van der Waals surface area contributed by atoms with E-state index in [1.54, 1.807) is 12.1 Å². The van der Waals surface area contributed by atoms with E-state index in [1.165, 1.54) is 11.3 Å². The molecule has 1 heterocycles. The van der Waals surface area contributed by atoms with Crippen molar-refractivity contribution in [3.05, 3.63) is 22.4 Å². The fourth-order valence-corrected chi connectivity index (χ4v) is 1.80. The summed E-state index contributed by atoms with van der Waals surface area (Å²) in [7, 11) is 0. The molecule has 1 rings (SSSR count). The van der Waals surface area contributed by atoms with E-state index >= 15 is 0 Å². The summed E-state index contributed by atoms with van der Waals surface area (Å²) < 4.78 is 0. The molecule has 17 heavy (non-hydrogen) atoms. The first-order chi connectivity index (χ1) is 8.09. The first kappa shape index (κ1) is 13.7. The van der Waals surface area contributed by atoms with Crippen molar-refractivity contribution >= 4 is 23.2 Å². The number of hydrogen-bond donors (Lipinski definition) is 3. The van der Waals surface area contributed by atoms with Gasteiger partial charge < -0.3 is 16.4 Å². The average Bonchev–Trinajstić information content (AvgIpc) is 2.78. The van der Waals surface area contributed by atoms with E-state index in [4.69, 9.17) is 5.73 Å². The second-order valence-corrected chi connectivity index (χ2v) is 4.72. The lowest BCUT2D eigenvalue weighted by Crippen LogP contribution is -2.38. The Morgan fingerprint density at radius 1 is 1.47 bits per heavy atom. The number of amides is 2. The summed E-state index contributed by atoms with van der Waals surface area (Å²) in [4.78, 5) is 23.4. The maximum atomic E-state index is 11.5. The van der Waals surface area contributed by atoms with Crippen molar-refractivity contribution in [1.82, 2.24) is 10.6 Å². The minimum atomic E-state index is -0.220. The molecule has 0 saturated carbocycles. The molecule has 0 aliphatic heterocycles. The number of carbonyl (C=O) groups is 2. The van der Waals surface area contributed by atoms with Crippen LogP contribution in [0.15, 0.2) is 17.5 Å². The third-order valence-corrected chi connectivity index (χ3v) is 2.94. The standard InChI is InChI=1S/C11H17N3O2S/c1-8(12)4-5-13-10(15)7-14-11(16)9-3-2-6-17-9/h2-3,6,8H,4-5,7,12H2,1H3,(H,13,15)(H,14,16). The Hall–Kier alpha value is -1.40. The quantitative estimate of drug-likeness (QED) is 0.685. The van der Waals surface area contributed by atoms with E-state index in [0.717, 1.165) is 6.42 Å². The van der Waals surface area contributed by atoms with Gasteiger partial charge >= 0.3 is 0 Å². The van der Waals surface area contributed by atoms with E-state index in [1.807, 2.05) is 12.3 Å². The number of hydrogen-bond acceptors (Lipinski definition) is 4. The number of rotatable bonds is 6. The van der Waals surface area contributed by atoms with Crippen LogP contribution in [0.5, 0.6) is 0 Å². The lowest BCUT2D eigenvalue weighted by molar-refractivity contribution is -0.120. The average molecular weight is 255 g/mol. The van der Waals surface area contributed by atoms with Crippen molar-refractivity contribution in [2.75, 3.05) is 13.1 Å². The van der Waals surface area contributed by atoms with E-state index in [-0.39, 0.29) is 24.4 Å². The van der Waals surface area contributed by atoms with E-state index < -0.39 is 0 Å². The minimum absolute atomic E-state index is 0.00428. The van der Waals surface area contributed by atoms with Crippen LogP contribution in [0.1, 0.15) is 23.0 Å². The predicted octanol–water partition coefficient (Wildman–Crippen LogP) is 0.331. The number of nitrogens with one attached hydrogen (secondary N) is 2. The van der Waals surface area contributed by atoms with Gasteiger partial charge in [0, 0.05) is 12.6 Å². The first-order valence-corrected chi connectivity index (χ1v) is 6.31. The Labute approximate surface area is 104 Å². The Kier molecular flexibility index (Phi) is 5.65. The van der Waals surface area contributed by atoms with Crippen LogP contribution in [0.2, 0.25) is 0 Å². The van der Waals surface area contributed by atoms with Crippen LogP contribution in [0.4, 0.5) is 0 Å². The molecule has 6 heteroatoms. The normalized spacial score (nSPS) is 11.9. The molecule has 0 spiro atoms. The number of nitrogens with two attached hydrogens (primary N) is 1. The maximum Gasteiger partial charge on any atom is 0.261 e. The smallest absolute Gasteiger partial charge is 0.261 e. The molecule has 5 nitrogen and oxygen atoms in total. The van der Waals surface area contributed by atoms with E-state index in [2.05, 4.69) is 10.6 Å². The van der Waals surface area contributed by atoms with Gasteiger partial charge in [0.2, 0.25) is 5.91 Å². The van der Waals surface area contributed by atoms with Gasteiger partial charge in [-0.1, -0.05) is 6.07 Å². The lowest BCUT2D eigenvalue weighted by atomic mass is 10.2. The molecule has 0 aromatic carbocycles. The molecule has 4 N–H and O–H groups in total. The molecule has 1 aromatic heterocycles. The Morgan fingerprint density at radius 3 is 2.82 bits per heavy atom. The van der Waals surface area contributed by atoms with E-state index in [0.29, 0.717) is 11.4 Å². The molecule has 1 aromatic rings. The third-order valence-electron chi connectivity index (χ3n) is 2.08. The van der Waals surface area contributed by atoms with Crippen LogP contribution in [-0.2, 0) is 4.79 Å². The molecule has 0 bridgehead atoms. The fourth-order valence-electron chi connectivity index (χ4n) is 1.16. The molecule has 0 fully saturated rings. The molecular weight excluding hydrogens is 238 g/mol. The van der Waals surface area contributed by atoms with Crippen LogP contribution in [0.3, 0.4) is 0 Å². The van der Waals surface area contributed by atoms with Crippen molar-refractivity contribution in [2.45, 2.75) is 19.4 Å². The zero-order chi connectivity index (χ0) is 12.7.